The Bertz CT molecular complexity index is 1380. The first-order valence-corrected chi connectivity index (χ1v) is 12.1. The van der Waals surface area contributed by atoms with Gasteiger partial charge in [0.2, 0.25) is 11.8 Å². The number of carbonyl (C=O) groups excluding carboxylic acids is 2. The Balaban J connectivity index is 1.12. The maximum absolute atomic E-state index is 13.2. The normalized spacial score (nSPS) is 18.3. The second kappa shape index (κ2) is 9.37. The predicted molar refractivity (Wildman–Crippen MR) is 134 cm³/mol. The van der Waals surface area contributed by atoms with E-state index in [0.29, 0.717) is 50.4 Å². The van der Waals surface area contributed by atoms with E-state index in [1.807, 2.05) is 65.6 Å². The summed E-state index contributed by atoms with van der Waals surface area (Å²) in [6.07, 6.45) is 1.80. The molecular weight excluding hydrogens is 456 g/mol. The van der Waals surface area contributed by atoms with E-state index >= 15 is 0 Å². The molecule has 0 unspecified atom stereocenters. The zero-order valence-corrected chi connectivity index (χ0v) is 19.8. The Morgan fingerprint density at radius 2 is 1.64 bits per heavy atom. The van der Waals surface area contributed by atoms with Crippen molar-refractivity contribution in [2.24, 2.45) is 5.92 Å². The van der Waals surface area contributed by atoms with Crippen molar-refractivity contribution in [1.82, 2.24) is 29.9 Å². The monoisotopic (exact) mass is 482 g/mol. The molecule has 10 heteroatoms. The van der Waals surface area contributed by atoms with Gasteiger partial charge >= 0.3 is 0 Å². The molecule has 1 atom stereocenters. The SMILES string of the molecule is O=C([C@H]1CC(=O)N(c2ccccc2)C1)N1CCN(c2ncnc3c2nnn3Cc2ccccc2)CC1. The van der Waals surface area contributed by atoms with E-state index in [-0.39, 0.29) is 24.2 Å². The van der Waals surface area contributed by atoms with Crippen LogP contribution in [0.1, 0.15) is 12.0 Å². The van der Waals surface area contributed by atoms with E-state index in [2.05, 4.69) is 25.2 Å². The minimum Gasteiger partial charge on any atom is -0.351 e. The highest BCUT2D eigenvalue weighted by atomic mass is 16.2. The minimum atomic E-state index is -0.312. The molecule has 0 aliphatic carbocycles. The number of aromatic nitrogens is 5. The quantitative estimate of drug-likeness (QED) is 0.429. The topological polar surface area (TPSA) is 100 Å². The van der Waals surface area contributed by atoms with Crippen LogP contribution in [0, 0.1) is 5.92 Å². The predicted octanol–water partition coefficient (Wildman–Crippen LogP) is 1.97. The summed E-state index contributed by atoms with van der Waals surface area (Å²) in [5.74, 6) is 0.467. The van der Waals surface area contributed by atoms with E-state index < -0.39 is 0 Å². The number of piperazine rings is 1. The van der Waals surface area contributed by atoms with Crippen LogP contribution in [0.25, 0.3) is 11.2 Å². The lowest BCUT2D eigenvalue weighted by molar-refractivity contribution is -0.136. The smallest absolute Gasteiger partial charge is 0.228 e. The molecule has 6 rings (SSSR count). The van der Waals surface area contributed by atoms with Gasteiger partial charge in [-0.25, -0.2) is 14.6 Å². The van der Waals surface area contributed by atoms with E-state index in [1.165, 1.54) is 0 Å². The molecule has 2 amide bonds. The third kappa shape index (κ3) is 4.15. The molecule has 2 saturated heterocycles. The van der Waals surface area contributed by atoms with Gasteiger partial charge in [-0.1, -0.05) is 53.7 Å². The molecule has 2 aliphatic rings. The third-order valence-electron chi connectivity index (χ3n) is 6.89. The van der Waals surface area contributed by atoms with E-state index in [9.17, 15) is 9.59 Å². The summed E-state index contributed by atoms with van der Waals surface area (Å²) in [6.45, 7) is 3.41. The van der Waals surface area contributed by atoms with Crippen molar-refractivity contribution in [3.05, 3.63) is 72.6 Å². The molecular formula is C26H26N8O2. The molecule has 182 valence electrons. The highest BCUT2D eigenvalue weighted by molar-refractivity contribution is 6.00. The van der Waals surface area contributed by atoms with Crippen LogP contribution in [-0.2, 0) is 16.1 Å². The first-order valence-electron chi connectivity index (χ1n) is 12.1. The summed E-state index contributed by atoms with van der Waals surface area (Å²) >= 11 is 0. The van der Waals surface area contributed by atoms with Crippen molar-refractivity contribution >= 4 is 34.5 Å². The number of anilines is 2. The second-order valence-electron chi connectivity index (χ2n) is 9.16. The van der Waals surface area contributed by atoms with Crippen LogP contribution in [0.2, 0.25) is 0 Å². The molecule has 0 N–H and O–H groups in total. The number of hydrogen-bond donors (Lipinski definition) is 0. The Hall–Kier alpha value is -4.34. The number of nitrogens with zero attached hydrogens (tertiary/aromatic N) is 8. The summed E-state index contributed by atoms with van der Waals surface area (Å²) in [5, 5.41) is 8.69. The van der Waals surface area contributed by atoms with Gasteiger partial charge in [-0.05, 0) is 17.7 Å². The Labute approximate surface area is 208 Å². The van der Waals surface area contributed by atoms with Crippen LogP contribution in [0.5, 0.6) is 0 Å². The maximum Gasteiger partial charge on any atom is 0.228 e. The molecule has 0 spiro atoms. The molecule has 36 heavy (non-hydrogen) atoms. The van der Waals surface area contributed by atoms with Crippen molar-refractivity contribution in [2.75, 3.05) is 42.5 Å². The minimum absolute atomic E-state index is 0.000141. The van der Waals surface area contributed by atoms with Crippen LogP contribution in [-0.4, -0.2) is 74.4 Å². The summed E-state index contributed by atoms with van der Waals surface area (Å²) in [7, 11) is 0. The van der Waals surface area contributed by atoms with Gasteiger partial charge in [0.05, 0.1) is 12.5 Å². The summed E-state index contributed by atoms with van der Waals surface area (Å²) < 4.78 is 1.78. The second-order valence-corrected chi connectivity index (χ2v) is 9.16. The lowest BCUT2D eigenvalue weighted by Crippen LogP contribution is -2.51. The number of carbonyl (C=O) groups is 2. The summed E-state index contributed by atoms with van der Waals surface area (Å²) in [4.78, 5) is 40.4. The molecule has 2 aromatic carbocycles. The Kier molecular flexibility index (Phi) is 5.76. The molecule has 2 fully saturated rings. The van der Waals surface area contributed by atoms with Crippen LogP contribution >= 0.6 is 0 Å². The first-order chi connectivity index (χ1) is 17.7. The van der Waals surface area contributed by atoms with Crippen molar-refractivity contribution in [1.29, 1.82) is 0 Å². The van der Waals surface area contributed by atoms with Crippen LogP contribution in [0.15, 0.2) is 67.0 Å². The molecule has 4 heterocycles. The van der Waals surface area contributed by atoms with E-state index in [1.54, 1.807) is 15.9 Å². The van der Waals surface area contributed by atoms with Gasteiger partial charge in [-0.3, -0.25) is 9.59 Å². The Morgan fingerprint density at radius 3 is 2.39 bits per heavy atom. The third-order valence-corrected chi connectivity index (χ3v) is 6.89. The molecule has 2 aromatic heterocycles. The number of para-hydroxylation sites is 1. The maximum atomic E-state index is 13.2. The standard InChI is InChI=1S/C26H26N8O2/c35-22-15-20(17-33(22)21-9-5-2-6-10-21)26(36)32-13-11-31(12-14-32)24-23-25(28-18-27-24)34(30-29-23)16-19-7-3-1-4-8-19/h1-10,18,20H,11-17H2/t20-/m0/s1. The fraction of sp³-hybridized carbons (Fsp3) is 0.308. The fourth-order valence-corrected chi connectivity index (χ4v) is 5.00. The molecule has 0 radical (unpaired) electrons. The van der Waals surface area contributed by atoms with Gasteiger partial charge in [-0.15, -0.1) is 5.10 Å². The van der Waals surface area contributed by atoms with E-state index in [4.69, 9.17) is 0 Å². The highest BCUT2D eigenvalue weighted by Crippen LogP contribution is 2.27. The molecule has 0 saturated carbocycles. The molecule has 2 aliphatic heterocycles. The lowest BCUT2D eigenvalue weighted by atomic mass is 10.1. The van der Waals surface area contributed by atoms with Gasteiger partial charge in [0.15, 0.2) is 17.0 Å². The van der Waals surface area contributed by atoms with E-state index in [0.717, 1.165) is 17.1 Å². The average Bonchev–Trinajstić information content (AvgIpc) is 3.53. The zero-order chi connectivity index (χ0) is 24.5. The van der Waals surface area contributed by atoms with Crippen LogP contribution < -0.4 is 9.80 Å². The number of hydrogen-bond acceptors (Lipinski definition) is 7. The molecule has 10 nitrogen and oxygen atoms in total. The van der Waals surface area contributed by atoms with Gasteiger partial charge in [0.25, 0.3) is 0 Å². The van der Waals surface area contributed by atoms with Crippen molar-refractivity contribution < 1.29 is 9.59 Å². The van der Waals surface area contributed by atoms with Gasteiger partial charge in [-0.2, -0.15) is 0 Å². The number of rotatable bonds is 5. The van der Waals surface area contributed by atoms with Crippen LogP contribution in [0.3, 0.4) is 0 Å². The number of amides is 2. The largest absolute Gasteiger partial charge is 0.351 e. The average molecular weight is 483 g/mol. The van der Waals surface area contributed by atoms with Crippen molar-refractivity contribution in [3.8, 4) is 0 Å². The van der Waals surface area contributed by atoms with Gasteiger partial charge in [0.1, 0.15) is 6.33 Å². The Morgan fingerprint density at radius 1 is 0.917 bits per heavy atom. The highest BCUT2D eigenvalue weighted by Gasteiger charge is 2.38. The van der Waals surface area contributed by atoms with Crippen molar-refractivity contribution in [2.45, 2.75) is 13.0 Å². The molecule has 0 bridgehead atoms. The fourth-order valence-electron chi connectivity index (χ4n) is 5.00. The van der Waals surface area contributed by atoms with Gasteiger partial charge in [0, 0.05) is 44.8 Å². The van der Waals surface area contributed by atoms with Crippen LogP contribution in [0.4, 0.5) is 11.5 Å². The molecule has 4 aromatic rings. The summed E-state index contributed by atoms with van der Waals surface area (Å²) in [5.41, 5.74) is 3.31. The first kappa shape index (κ1) is 22.1. The number of fused-ring (bicyclic) bond motifs is 1. The number of benzene rings is 2. The zero-order valence-electron chi connectivity index (χ0n) is 19.8. The van der Waals surface area contributed by atoms with Gasteiger partial charge < -0.3 is 14.7 Å². The lowest BCUT2D eigenvalue weighted by Gasteiger charge is -2.36. The summed E-state index contributed by atoms with van der Waals surface area (Å²) in [6, 6.07) is 19.6. The van der Waals surface area contributed by atoms with Crippen molar-refractivity contribution in [3.63, 3.8) is 0 Å².